The molecule has 84 valence electrons. The summed E-state index contributed by atoms with van der Waals surface area (Å²) in [5.41, 5.74) is 0.372. The van der Waals surface area contributed by atoms with Crippen LogP contribution in [0.1, 0.15) is 5.82 Å². The third-order valence-electron chi connectivity index (χ3n) is 1.83. The number of aromatic amines is 1. The molecule has 2 aromatic heterocycles. The Morgan fingerprint density at radius 1 is 1.62 bits per heavy atom. The van der Waals surface area contributed by atoms with Gasteiger partial charge in [0.2, 0.25) is 0 Å². The van der Waals surface area contributed by atoms with Crippen LogP contribution in [0.4, 0.5) is 0 Å². The predicted octanol–water partition coefficient (Wildman–Crippen LogP) is 0.586. The Hall–Kier alpha value is -1.73. The molecule has 0 spiro atoms. The summed E-state index contributed by atoms with van der Waals surface area (Å²) in [6.45, 7) is -0.432. The second kappa shape index (κ2) is 4.42. The zero-order chi connectivity index (χ0) is 11.5. The third kappa shape index (κ3) is 2.26. The number of thiophene rings is 1. The summed E-state index contributed by atoms with van der Waals surface area (Å²) in [4.78, 5) is 28.4. The first-order valence-electron chi connectivity index (χ1n) is 4.43. The normalized spacial score (nSPS) is 10.8. The van der Waals surface area contributed by atoms with Gasteiger partial charge in [-0.15, -0.1) is 11.3 Å². The number of ether oxygens (including phenoxy) is 1. The maximum Gasteiger partial charge on any atom is 0.329 e. The summed E-state index contributed by atoms with van der Waals surface area (Å²) >= 11 is 1.31. The summed E-state index contributed by atoms with van der Waals surface area (Å²) in [5, 5.41) is 10.1. The van der Waals surface area contributed by atoms with Crippen molar-refractivity contribution in [3.05, 3.63) is 27.6 Å². The maximum atomic E-state index is 11.5. The average Bonchev–Trinajstić information content (AvgIpc) is 2.65. The van der Waals surface area contributed by atoms with E-state index < -0.39 is 12.6 Å². The van der Waals surface area contributed by atoms with Crippen LogP contribution in [-0.2, 0) is 16.1 Å². The number of hydrogen-bond donors (Lipinski definition) is 2. The first kappa shape index (κ1) is 10.8. The van der Waals surface area contributed by atoms with Gasteiger partial charge < -0.3 is 14.8 Å². The second-order valence-corrected chi connectivity index (χ2v) is 3.95. The second-order valence-electron chi connectivity index (χ2n) is 3.03. The van der Waals surface area contributed by atoms with Gasteiger partial charge in [0.1, 0.15) is 23.7 Å². The Morgan fingerprint density at radius 2 is 2.44 bits per heavy atom. The van der Waals surface area contributed by atoms with E-state index >= 15 is 0 Å². The molecular formula is C9H8N2O4S. The van der Waals surface area contributed by atoms with E-state index in [0.29, 0.717) is 16.0 Å². The number of rotatable bonds is 4. The van der Waals surface area contributed by atoms with E-state index in [0.717, 1.165) is 0 Å². The van der Waals surface area contributed by atoms with Crippen molar-refractivity contribution in [3.63, 3.8) is 0 Å². The highest BCUT2D eigenvalue weighted by molar-refractivity contribution is 7.17. The number of hydrogen-bond acceptors (Lipinski definition) is 5. The molecule has 0 aliphatic heterocycles. The number of carboxylic acids is 1. The number of fused-ring (bicyclic) bond motifs is 1. The van der Waals surface area contributed by atoms with Crippen LogP contribution >= 0.6 is 11.3 Å². The van der Waals surface area contributed by atoms with E-state index in [2.05, 4.69) is 9.97 Å². The number of nitrogens with zero attached hydrogens (tertiary/aromatic N) is 1. The van der Waals surface area contributed by atoms with Crippen LogP contribution < -0.4 is 5.56 Å². The number of H-pyrrole nitrogens is 1. The Balaban J connectivity index is 2.18. The molecule has 2 N–H and O–H groups in total. The molecule has 2 rings (SSSR count). The summed E-state index contributed by atoms with van der Waals surface area (Å²) in [7, 11) is 0. The van der Waals surface area contributed by atoms with Gasteiger partial charge in [-0.1, -0.05) is 0 Å². The highest BCUT2D eigenvalue weighted by atomic mass is 32.1. The molecule has 0 aliphatic carbocycles. The van der Waals surface area contributed by atoms with Crippen molar-refractivity contribution in [2.75, 3.05) is 6.61 Å². The lowest BCUT2D eigenvalue weighted by atomic mass is 10.4. The maximum absolute atomic E-state index is 11.5. The van der Waals surface area contributed by atoms with E-state index in [9.17, 15) is 9.59 Å². The molecule has 0 saturated carbocycles. The lowest BCUT2D eigenvalue weighted by Gasteiger charge is -2.00. The van der Waals surface area contributed by atoms with Crippen molar-refractivity contribution in [3.8, 4) is 0 Å². The van der Waals surface area contributed by atoms with Gasteiger partial charge in [0, 0.05) is 0 Å². The molecule has 0 aromatic carbocycles. The first-order chi connectivity index (χ1) is 7.66. The van der Waals surface area contributed by atoms with E-state index in [1.807, 2.05) is 0 Å². The van der Waals surface area contributed by atoms with E-state index in [-0.39, 0.29) is 12.2 Å². The van der Waals surface area contributed by atoms with Crippen molar-refractivity contribution in [2.45, 2.75) is 6.61 Å². The fraction of sp³-hybridized carbons (Fsp3) is 0.222. The number of carbonyl (C=O) groups is 1. The topological polar surface area (TPSA) is 92.3 Å². The summed E-state index contributed by atoms with van der Waals surface area (Å²) < 4.78 is 5.39. The Bertz CT molecular complexity index is 574. The van der Waals surface area contributed by atoms with Gasteiger partial charge in [0.05, 0.1) is 5.52 Å². The first-order valence-corrected chi connectivity index (χ1v) is 5.31. The molecule has 0 bridgehead atoms. The number of aromatic nitrogens is 2. The van der Waals surface area contributed by atoms with Crippen LogP contribution in [0.5, 0.6) is 0 Å². The molecule has 2 heterocycles. The zero-order valence-electron chi connectivity index (χ0n) is 8.10. The molecule has 6 nitrogen and oxygen atoms in total. The standard InChI is InChI=1S/C9H8N2O4S/c12-7(13)4-15-3-6-10-5-1-2-16-8(5)9(14)11-6/h1-2H,3-4H2,(H,12,13)(H,10,11,14). The van der Waals surface area contributed by atoms with Crippen molar-refractivity contribution in [1.29, 1.82) is 0 Å². The minimum atomic E-state index is -1.06. The van der Waals surface area contributed by atoms with Crippen molar-refractivity contribution < 1.29 is 14.6 Å². The lowest BCUT2D eigenvalue weighted by molar-refractivity contribution is -0.142. The van der Waals surface area contributed by atoms with Crippen LogP contribution in [-0.4, -0.2) is 27.7 Å². The quantitative estimate of drug-likeness (QED) is 0.815. The monoisotopic (exact) mass is 240 g/mol. The molecule has 2 aromatic rings. The van der Waals surface area contributed by atoms with Crippen molar-refractivity contribution in [1.82, 2.24) is 9.97 Å². The molecule has 0 radical (unpaired) electrons. The average molecular weight is 240 g/mol. The molecule has 0 saturated heterocycles. The third-order valence-corrected chi connectivity index (χ3v) is 2.73. The van der Waals surface area contributed by atoms with Crippen LogP contribution in [0.15, 0.2) is 16.2 Å². The van der Waals surface area contributed by atoms with Crippen molar-refractivity contribution >= 4 is 27.5 Å². The highest BCUT2D eigenvalue weighted by Crippen LogP contribution is 2.13. The van der Waals surface area contributed by atoms with Crippen LogP contribution in [0.25, 0.3) is 10.2 Å². The molecule has 0 fully saturated rings. The molecule has 0 amide bonds. The van der Waals surface area contributed by atoms with Gasteiger partial charge in [0.15, 0.2) is 0 Å². The largest absolute Gasteiger partial charge is 0.480 e. The van der Waals surface area contributed by atoms with Crippen LogP contribution in [0.2, 0.25) is 0 Å². The Morgan fingerprint density at radius 3 is 3.19 bits per heavy atom. The van der Waals surface area contributed by atoms with Gasteiger partial charge in [-0.2, -0.15) is 0 Å². The number of nitrogens with one attached hydrogen (secondary N) is 1. The fourth-order valence-corrected chi connectivity index (χ4v) is 1.95. The number of carboxylic acid groups (broad SMARTS) is 1. The summed E-state index contributed by atoms with van der Waals surface area (Å²) in [6.07, 6.45) is 0. The lowest BCUT2D eigenvalue weighted by Crippen LogP contribution is -2.13. The van der Waals surface area contributed by atoms with Gasteiger partial charge in [-0.05, 0) is 11.4 Å². The minimum absolute atomic E-state index is 0.0205. The molecule has 7 heteroatoms. The molecule has 16 heavy (non-hydrogen) atoms. The van der Waals surface area contributed by atoms with Gasteiger partial charge in [-0.3, -0.25) is 4.79 Å². The van der Waals surface area contributed by atoms with Crippen LogP contribution in [0, 0.1) is 0 Å². The zero-order valence-corrected chi connectivity index (χ0v) is 8.91. The fourth-order valence-electron chi connectivity index (χ4n) is 1.22. The van der Waals surface area contributed by atoms with E-state index in [4.69, 9.17) is 9.84 Å². The molecule has 0 aliphatic rings. The Kier molecular flexibility index (Phi) is 2.97. The van der Waals surface area contributed by atoms with Gasteiger partial charge in [0.25, 0.3) is 5.56 Å². The summed E-state index contributed by atoms with van der Waals surface area (Å²) in [6, 6.07) is 1.73. The minimum Gasteiger partial charge on any atom is -0.480 e. The Labute approximate surface area is 93.5 Å². The number of aliphatic carboxylic acids is 1. The predicted molar refractivity (Wildman–Crippen MR) is 57.5 cm³/mol. The van der Waals surface area contributed by atoms with Gasteiger partial charge >= 0.3 is 5.97 Å². The smallest absolute Gasteiger partial charge is 0.329 e. The van der Waals surface area contributed by atoms with Crippen molar-refractivity contribution in [2.24, 2.45) is 0 Å². The molecule has 0 atom stereocenters. The van der Waals surface area contributed by atoms with Crippen LogP contribution in [0.3, 0.4) is 0 Å². The molecular weight excluding hydrogens is 232 g/mol. The summed E-state index contributed by atoms with van der Waals surface area (Å²) in [5.74, 6) is -0.726. The molecule has 0 unspecified atom stereocenters. The highest BCUT2D eigenvalue weighted by Gasteiger charge is 2.05. The van der Waals surface area contributed by atoms with Gasteiger partial charge in [-0.25, -0.2) is 9.78 Å². The van der Waals surface area contributed by atoms with E-state index in [1.54, 1.807) is 11.4 Å². The van der Waals surface area contributed by atoms with E-state index in [1.165, 1.54) is 11.3 Å². The SMILES string of the molecule is O=C(O)COCc1nc2ccsc2c(=O)[nH]1.